The van der Waals surface area contributed by atoms with Crippen molar-refractivity contribution in [2.45, 2.75) is 33.1 Å². The predicted octanol–water partition coefficient (Wildman–Crippen LogP) is 1.45. The van der Waals surface area contributed by atoms with E-state index in [1.54, 1.807) is 0 Å². The summed E-state index contributed by atoms with van der Waals surface area (Å²) in [6.45, 7) is 6.47. The number of unbranched alkanes of at least 4 members (excludes halogenated alkanes) is 1. The Morgan fingerprint density at radius 1 is 1.28 bits per heavy atom. The van der Waals surface area contributed by atoms with Crippen molar-refractivity contribution in [1.82, 2.24) is 0 Å². The molecule has 0 saturated carbocycles. The lowest BCUT2D eigenvalue weighted by Crippen LogP contribution is -2.35. The molecule has 0 aromatic rings. The van der Waals surface area contributed by atoms with E-state index in [0.29, 0.717) is 6.42 Å². The van der Waals surface area contributed by atoms with Gasteiger partial charge in [0.2, 0.25) is 0 Å². The van der Waals surface area contributed by atoms with E-state index in [1.807, 2.05) is 6.92 Å². The van der Waals surface area contributed by atoms with Crippen LogP contribution in [-0.4, -0.2) is 34.7 Å². The van der Waals surface area contributed by atoms with E-state index >= 15 is 0 Å². The second-order valence-electron chi connectivity index (χ2n) is 4.17. The zero-order chi connectivity index (χ0) is 14.3. The third kappa shape index (κ3) is 4.20. The average molecular weight is 258 g/mol. The molecule has 6 nitrogen and oxygen atoms in total. The Morgan fingerprint density at radius 2 is 1.83 bits per heavy atom. The van der Waals surface area contributed by atoms with Crippen LogP contribution in [-0.2, 0) is 19.1 Å². The number of aliphatic carboxylic acids is 2. The Bertz CT molecular complexity index is 360. The topological polar surface area (TPSA) is 101 Å². The van der Waals surface area contributed by atoms with Crippen LogP contribution >= 0.6 is 0 Å². The van der Waals surface area contributed by atoms with Gasteiger partial charge in [-0.25, -0.2) is 4.79 Å². The summed E-state index contributed by atoms with van der Waals surface area (Å²) in [4.78, 5) is 33.3. The zero-order valence-corrected chi connectivity index (χ0v) is 10.6. The van der Waals surface area contributed by atoms with Crippen molar-refractivity contribution in [2.24, 2.45) is 5.41 Å². The zero-order valence-electron chi connectivity index (χ0n) is 10.6. The van der Waals surface area contributed by atoms with Crippen LogP contribution in [0.1, 0.15) is 33.1 Å². The maximum Gasteiger partial charge on any atom is 0.332 e. The Labute approximate surface area is 105 Å². The first-order chi connectivity index (χ1) is 8.25. The number of hydrogen-bond donors (Lipinski definition) is 2. The predicted molar refractivity (Wildman–Crippen MR) is 63.0 cm³/mol. The average Bonchev–Trinajstić information content (AvgIpc) is 2.27. The van der Waals surface area contributed by atoms with Gasteiger partial charge in [0.25, 0.3) is 0 Å². The number of carbonyl (C=O) groups excluding carboxylic acids is 1. The molecule has 0 amide bonds. The van der Waals surface area contributed by atoms with Gasteiger partial charge in [-0.05, 0) is 13.3 Å². The minimum absolute atomic E-state index is 0.199. The van der Waals surface area contributed by atoms with Crippen molar-refractivity contribution in [3.8, 4) is 0 Å². The maximum absolute atomic E-state index is 11.4. The molecule has 0 rings (SSSR count). The molecule has 0 fully saturated rings. The second-order valence-corrected chi connectivity index (χ2v) is 4.17. The van der Waals surface area contributed by atoms with Gasteiger partial charge in [-0.3, -0.25) is 9.59 Å². The number of rotatable bonds is 8. The van der Waals surface area contributed by atoms with E-state index in [0.717, 1.165) is 13.3 Å². The molecule has 0 aliphatic heterocycles. The third-order valence-electron chi connectivity index (χ3n) is 2.66. The first-order valence-electron chi connectivity index (χ1n) is 5.57. The number of carboxylic acid groups (broad SMARTS) is 2. The molecular weight excluding hydrogens is 240 g/mol. The number of carbonyl (C=O) groups is 3. The van der Waals surface area contributed by atoms with Gasteiger partial charge in [0.1, 0.15) is 5.41 Å². The highest BCUT2D eigenvalue weighted by molar-refractivity contribution is 5.97. The van der Waals surface area contributed by atoms with Crippen LogP contribution in [0.25, 0.3) is 0 Å². The largest absolute Gasteiger partial charge is 0.481 e. The first-order valence-corrected chi connectivity index (χ1v) is 5.57. The van der Waals surface area contributed by atoms with Crippen LogP contribution in [0.5, 0.6) is 0 Å². The molecule has 0 bridgehead atoms. The molecule has 0 aromatic heterocycles. The molecule has 1 atom stereocenters. The van der Waals surface area contributed by atoms with Crippen molar-refractivity contribution in [2.75, 3.05) is 6.61 Å². The van der Waals surface area contributed by atoms with Gasteiger partial charge in [-0.15, -0.1) is 0 Å². The van der Waals surface area contributed by atoms with E-state index in [-0.39, 0.29) is 6.61 Å². The normalized spacial score (nSPS) is 13.4. The second kappa shape index (κ2) is 6.78. The van der Waals surface area contributed by atoms with Crippen LogP contribution in [0.4, 0.5) is 0 Å². The molecular formula is C12H18O6. The molecule has 0 aromatic carbocycles. The molecule has 0 aliphatic rings. The summed E-state index contributed by atoms with van der Waals surface area (Å²) in [5.41, 5.74) is -2.39. The molecule has 0 heterocycles. The number of carboxylic acids is 2. The Kier molecular flexibility index (Phi) is 6.08. The molecule has 0 aliphatic carbocycles. The Hall–Kier alpha value is -1.85. The van der Waals surface area contributed by atoms with Gasteiger partial charge in [0.15, 0.2) is 0 Å². The van der Waals surface area contributed by atoms with Gasteiger partial charge < -0.3 is 14.9 Å². The number of hydrogen-bond acceptors (Lipinski definition) is 4. The summed E-state index contributed by atoms with van der Waals surface area (Å²) in [5, 5.41) is 17.8. The highest BCUT2D eigenvalue weighted by Gasteiger charge is 2.42. The molecule has 6 heteroatoms. The fourth-order valence-electron chi connectivity index (χ4n) is 1.22. The first kappa shape index (κ1) is 16.1. The van der Waals surface area contributed by atoms with Crippen LogP contribution in [0.15, 0.2) is 12.2 Å². The van der Waals surface area contributed by atoms with Crippen molar-refractivity contribution < 1.29 is 29.3 Å². The fourth-order valence-corrected chi connectivity index (χ4v) is 1.22. The molecule has 18 heavy (non-hydrogen) atoms. The van der Waals surface area contributed by atoms with Crippen molar-refractivity contribution in [3.05, 3.63) is 12.2 Å². The molecule has 2 N–H and O–H groups in total. The van der Waals surface area contributed by atoms with E-state index in [9.17, 15) is 14.4 Å². The summed E-state index contributed by atoms with van der Waals surface area (Å²) < 4.78 is 4.82. The van der Waals surface area contributed by atoms with E-state index < -0.39 is 35.3 Å². The lowest BCUT2D eigenvalue weighted by atomic mass is 9.80. The highest BCUT2D eigenvalue weighted by Crippen LogP contribution is 2.31. The molecule has 0 saturated heterocycles. The SMILES string of the molecule is C=C(C(=O)O)C(C)(CC(=O)OCCCC)C(=O)O. The standard InChI is InChI=1S/C12H18O6/c1-4-5-6-18-9(13)7-12(3,11(16)17)8(2)10(14)15/h2,4-7H2,1,3H3,(H,14,15)(H,16,17). The summed E-state index contributed by atoms with van der Waals surface area (Å²) >= 11 is 0. The molecule has 0 spiro atoms. The van der Waals surface area contributed by atoms with Crippen molar-refractivity contribution >= 4 is 17.9 Å². The van der Waals surface area contributed by atoms with Crippen LogP contribution in [0, 0.1) is 5.41 Å². The fraction of sp³-hybridized carbons (Fsp3) is 0.583. The van der Waals surface area contributed by atoms with Crippen LogP contribution in [0.2, 0.25) is 0 Å². The van der Waals surface area contributed by atoms with Gasteiger partial charge in [0, 0.05) is 5.57 Å². The van der Waals surface area contributed by atoms with E-state index in [2.05, 4.69) is 6.58 Å². The lowest BCUT2D eigenvalue weighted by molar-refractivity contribution is -0.156. The van der Waals surface area contributed by atoms with E-state index in [4.69, 9.17) is 14.9 Å². The van der Waals surface area contributed by atoms with Gasteiger partial charge in [0.05, 0.1) is 13.0 Å². The lowest BCUT2D eigenvalue weighted by Gasteiger charge is -2.23. The minimum Gasteiger partial charge on any atom is -0.481 e. The van der Waals surface area contributed by atoms with E-state index in [1.165, 1.54) is 0 Å². The summed E-state index contributed by atoms with van der Waals surface area (Å²) in [6, 6.07) is 0. The summed E-state index contributed by atoms with van der Waals surface area (Å²) in [6.07, 6.45) is 0.970. The number of esters is 1. The maximum atomic E-state index is 11.4. The highest BCUT2D eigenvalue weighted by atomic mass is 16.5. The third-order valence-corrected chi connectivity index (χ3v) is 2.66. The van der Waals surface area contributed by atoms with Crippen molar-refractivity contribution in [1.29, 1.82) is 0 Å². The Balaban J connectivity index is 4.73. The van der Waals surface area contributed by atoms with Gasteiger partial charge >= 0.3 is 17.9 Å². The minimum atomic E-state index is -1.85. The molecule has 102 valence electrons. The smallest absolute Gasteiger partial charge is 0.332 e. The quantitative estimate of drug-likeness (QED) is 0.388. The Morgan fingerprint density at radius 3 is 2.22 bits per heavy atom. The monoisotopic (exact) mass is 258 g/mol. The van der Waals surface area contributed by atoms with Gasteiger partial charge in [-0.2, -0.15) is 0 Å². The summed E-state index contributed by atoms with van der Waals surface area (Å²) in [7, 11) is 0. The number of ether oxygens (including phenoxy) is 1. The van der Waals surface area contributed by atoms with Crippen LogP contribution in [0.3, 0.4) is 0 Å². The summed E-state index contributed by atoms with van der Waals surface area (Å²) in [5.74, 6) is -3.60. The van der Waals surface area contributed by atoms with Crippen molar-refractivity contribution in [3.63, 3.8) is 0 Å². The molecule has 1 unspecified atom stereocenters. The van der Waals surface area contributed by atoms with Crippen LogP contribution < -0.4 is 0 Å². The van der Waals surface area contributed by atoms with Gasteiger partial charge in [-0.1, -0.05) is 19.9 Å². The molecule has 0 radical (unpaired) electrons.